The molecule has 0 spiro atoms. The summed E-state index contributed by atoms with van der Waals surface area (Å²) >= 11 is 0. The van der Waals surface area contributed by atoms with E-state index in [0.717, 1.165) is 60.1 Å². The van der Waals surface area contributed by atoms with E-state index in [9.17, 15) is 9.90 Å². The van der Waals surface area contributed by atoms with Gasteiger partial charge in [0.1, 0.15) is 23.9 Å². The highest BCUT2D eigenvalue weighted by Crippen LogP contribution is 2.57. The number of carboxylic acids is 1. The van der Waals surface area contributed by atoms with Crippen molar-refractivity contribution in [3.63, 3.8) is 0 Å². The first kappa shape index (κ1) is 27.2. The highest BCUT2D eigenvalue weighted by atomic mass is 19.1. The molecule has 0 radical (unpaired) electrons. The van der Waals surface area contributed by atoms with Gasteiger partial charge in [0.25, 0.3) is 0 Å². The normalized spacial score (nSPS) is 19.9. The maximum absolute atomic E-state index is 15.1. The number of aliphatic carboxylic acids is 1. The van der Waals surface area contributed by atoms with E-state index in [1.54, 1.807) is 19.2 Å². The lowest BCUT2D eigenvalue weighted by Gasteiger charge is -2.30. The second-order valence-electron chi connectivity index (χ2n) is 12.4. The summed E-state index contributed by atoms with van der Waals surface area (Å²) in [6, 6.07) is 19.0. The van der Waals surface area contributed by atoms with E-state index < -0.39 is 5.97 Å². The Kier molecular flexibility index (Phi) is 7.45. The third-order valence-corrected chi connectivity index (χ3v) is 9.14. The van der Waals surface area contributed by atoms with E-state index in [-0.39, 0.29) is 29.0 Å². The van der Waals surface area contributed by atoms with Crippen LogP contribution in [0.5, 0.6) is 11.5 Å². The molecule has 0 bridgehead atoms. The lowest BCUT2D eigenvalue weighted by atomic mass is 9.75. The lowest BCUT2D eigenvalue weighted by molar-refractivity contribution is -0.137. The van der Waals surface area contributed by atoms with Crippen molar-refractivity contribution in [1.29, 1.82) is 0 Å². The molecule has 0 saturated heterocycles. The fraction of sp³-hybridized carbons (Fsp3) is 0.441. The van der Waals surface area contributed by atoms with Gasteiger partial charge in [0, 0.05) is 5.56 Å². The molecule has 0 unspecified atom stereocenters. The molecular weight excluding hydrogens is 491 g/mol. The van der Waals surface area contributed by atoms with Crippen molar-refractivity contribution in [1.82, 2.24) is 0 Å². The van der Waals surface area contributed by atoms with Crippen LogP contribution >= 0.6 is 0 Å². The van der Waals surface area contributed by atoms with Gasteiger partial charge in [0.05, 0.1) is 13.5 Å². The van der Waals surface area contributed by atoms with Gasteiger partial charge >= 0.3 is 5.97 Å². The van der Waals surface area contributed by atoms with Gasteiger partial charge in [0.15, 0.2) is 0 Å². The number of carbonyl (C=O) groups is 1. The quantitative estimate of drug-likeness (QED) is 0.285. The van der Waals surface area contributed by atoms with E-state index in [1.807, 2.05) is 36.4 Å². The summed E-state index contributed by atoms with van der Waals surface area (Å²) in [5.41, 5.74) is 4.84. The second-order valence-corrected chi connectivity index (χ2v) is 12.4. The van der Waals surface area contributed by atoms with E-state index in [4.69, 9.17) is 9.47 Å². The Morgan fingerprint density at radius 3 is 2.46 bits per heavy atom. The zero-order valence-electron chi connectivity index (χ0n) is 23.4. The molecule has 0 amide bonds. The van der Waals surface area contributed by atoms with Crippen LogP contribution in [0.1, 0.15) is 87.8 Å². The Balaban J connectivity index is 1.43. The van der Waals surface area contributed by atoms with E-state index in [2.05, 4.69) is 26.8 Å². The minimum atomic E-state index is -0.769. The Labute approximate surface area is 231 Å². The van der Waals surface area contributed by atoms with Gasteiger partial charge in [-0.2, -0.15) is 0 Å². The average molecular weight is 531 g/mol. The van der Waals surface area contributed by atoms with Crippen LogP contribution in [0, 0.1) is 16.6 Å². The summed E-state index contributed by atoms with van der Waals surface area (Å²) in [5, 5.41) is 9.50. The summed E-state index contributed by atoms with van der Waals surface area (Å²) in [6.07, 6.45) is 5.60. The molecule has 2 atom stereocenters. The Morgan fingerprint density at radius 2 is 1.79 bits per heavy atom. The van der Waals surface area contributed by atoms with Gasteiger partial charge < -0.3 is 14.6 Å². The zero-order chi connectivity index (χ0) is 27.8. The van der Waals surface area contributed by atoms with Gasteiger partial charge in [-0.1, -0.05) is 57.5 Å². The van der Waals surface area contributed by atoms with Crippen molar-refractivity contribution in [3.05, 3.63) is 83.2 Å². The maximum atomic E-state index is 15.1. The van der Waals surface area contributed by atoms with Crippen LogP contribution in [0.15, 0.2) is 60.7 Å². The molecular formula is C34H39FO4. The van der Waals surface area contributed by atoms with Crippen LogP contribution in [-0.4, -0.2) is 18.2 Å². The number of hydrogen-bond acceptors (Lipinski definition) is 3. The van der Waals surface area contributed by atoms with E-state index in [0.29, 0.717) is 23.8 Å². The minimum absolute atomic E-state index is 0.0215. The molecule has 0 aliphatic heterocycles. The summed E-state index contributed by atoms with van der Waals surface area (Å²) in [7, 11) is 1.60. The van der Waals surface area contributed by atoms with Gasteiger partial charge in [0.2, 0.25) is 0 Å². The summed E-state index contributed by atoms with van der Waals surface area (Å²) in [5.74, 6) is 0.641. The molecule has 206 valence electrons. The topological polar surface area (TPSA) is 55.8 Å². The highest BCUT2D eigenvalue weighted by molar-refractivity contribution is 5.71. The van der Waals surface area contributed by atoms with Gasteiger partial charge in [-0.3, -0.25) is 4.79 Å². The van der Waals surface area contributed by atoms with Crippen LogP contribution < -0.4 is 9.47 Å². The van der Waals surface area contributed by atoms with Crippen LogP contribution in [0.2, 0.25) is 0 Å². The van der Waals surface area contributed by atoms with Gasteiger partial charge in [-0.15, -0.1) is 0 Å². The SMILES string of the molecule is COc1ccc(F)c(-c2ccc(COc3cccc([C@@H](CC(=O)O)C4(C)CC4)c3)cc2[C@@H]2CCCC2(C)C)c1. The molecule has 2 aliphatic carbocycles. The molecule has 2 saturated carbocycles. The maximum Gasteiger partial charge on any atom is 0.303 e. The molecule has 2 aliphatic rings. The number of methoxy groups -OCH3 is 1. The molecule has 1 N–H and O–H groups in total. The first-order chi connectivity index (χ1) is 18.6. The number of hydrogen-bond donors (Lipinski definition) is 1. The highest BCUT2D eigenvalue weighted by Gasteiger charge is 2.46. The molecule has 5 rings (SSSR count). The average Bonchev–Trinajstić information content (AvgIpc) is 3.56. The van der Waals surface area contributed by atoms with Crippen molar-refractivity contribution >= 4 is 5.97 Å². The fourth-order valence-electron chi connectivity index (χ4n) is 6.45. The summed E-state index contributed by atoms with van der Waals surface area (Å²) in [6.45, 7) is 7.16. The van der Waals surface area contributed by atoms with Crippen LogP contribution in [0.3, 0.4) is 0 Å². The molecule has 0 heterocycles. The third kappa shape index (κ3) is 5.83. The monoisotopic (exact) mass is 530 g/mol. The number of carboxylic acid groups (broad SMARTS) is 1. The Morgan fingerprint density at radius 1 is 1.00 bits per heavy atom. The van der Waals surface area contributed by atoms with Gasteiger partial charge in [-0.05, 0) is 101 Å². The summed E-state index contributed by atoms with van der Waals surface area (Å²) in [4.78, 5) is 11.6. The fourth-order valence-corrected chi connectivity index (χ4v) is 6.45. The van der Waals surface area contributed by atoms with Crippen molar-refractivity contribution in [2.24, 2.45) is 10.8 Å². The molecule has 0 aromatic heterocycles. The zero-order valence-corrected chi connectivity index (χ0v) is 23.4. The number of benzene rings is 3. The standard InChI is InChI=1S/C34H39FO4/c1-33(2)14-6-9-29(33)27-17-22(10-12-26(27)28-19-24(38-4)11-13-31(28)35)21-39-25-8-5-7-23(18-25)30(20-32(36)37)34(3)15-16-34/h5,7-8,10-13,17-19,29-30H,6,9,14-16,20-21H2,1-4H3,(H,36,37)/t29-,30+/m0/s1. The summed E-state index contributed by atoms with van der Waals surface area (Å²) < 4.78 is 26.7. The first-order valence-electron chi connectivity index (χ1n) is 14.0. The molecule has 39 heavy (non-hydrogen) atoms. The smallest absolute Gasteiger partial charge is 0.303 e. The van der Waals surface area contributed by atoms with Crippen LogP contribution in [-0.2, 0) is 11.4 Å². The predicted octanol–water partition coefficient (Wildman–Crippen LogP) is 8.73. The number of halogens is 1. The Bertz CT molecular complexity index is 1360. The first-order valence-corrected chi connectivity index (χ1v) is 14.0. The van der Waals surface area contributed by atoms with Crippen LogP contribution in [0.25, 0.3) is 11.1 Å². The lowest BCUT2D eigenvalue weighted by Crippen LogP contribution is -2.17. The number of ether oxygens (including phenoxy) is 2. The van der Waals surface area contributed by atoms with Crippen molar-refractivity contribution in [2.45, 2.75) is 77.7 Å². The molecule has 5 heteroatoms. The molecule has 2 fully saturated rings. The molecule has 3 aromatic carbocycles. The van der Waals surface area contributed by atoms with Crippen LogP contribution in [0.4, 0.5) is 4.39 Å². The Hall–Kier alpha value is -3.34. The van der Waals surface area contributed by atoms with Gasteiger partial charge in [-0.25, -0.2) is 4.39 Å². The number of rotatable bonds is 10. The minimum Gasteiger partial charge on any atom is -0.497 e. The van der Waals surface area contributed by atoms with Crippen molar-refractivity contribution < 1.29 is 23.8 Å². The predicted molar refractivity (Wildman–Crippen MR) is 152 cm³/mol. The second kappa shape index (κ2) is 10.7. The largest absolute Gasteiger partial charge is 0.497 e. The van der Waals surface area contributed by atoms with Crippen molar-refractivity contribution in [2.75, 3.05) is 7.11 Å². The van der Waals surface area contributed by atoms with Crippen molar-refractivity contribution in [3.8, 4) is 22.6 Å². The van der Waals surface area contributed by atoms with E-state index in [1.165, 1.54) is 6.07 Å². The third-order valence-electron chi connectivity index (χ3n) is 9.14. The molecule has 3 aromatic rings. The molecule has 4 nitrogen and oxygen atoms in total. The van der Waals surface area contributed by atoms with E-state index >= 15 is 4.39 Å².